The molecule has 17 heteroatoms. The van der Waals surface area contributed by atoms with Crippen LogP contribution < -0.4 is 32.7 Å². The van der Waals surface area contributed by atoms with Gasteiger partial charge in [-0.3, -0.25) is 33.6 Å². The molecule has 9 N–H and O–H groups in total. The number of allylic oxidation sites excluding steroid dienone is 1. The van der Waals surface area contributed by atoms with Crippen LogP contribution in [0.2, 0.25) is 0 Å². The van der Waals surface area contributed by atoms with Gasteiger partial charge in [0.05, 0.1) is 4.88 Å². The SMILES string of the molecule is CC(C)CC(NC(=O)[C@@H]1CCCN1C(=O)C(CCC(N)=O)NC(=O)C(CCC=CC(=O)O)NC(=O)c1cccs1)C(=O)NC(C(N)=O)C1CCCCC1. The summed E-state index contributed by atoms with van der Waals surface area (Å²) >= 11 is 1.15. The first-order valence-electron chi connectivity index (χ1n) is 18.2. The van der Waals surface area contributed by atoms with Gasteiger partial charge in [0.2, 0.25) is 35.4 Å². The number of nitrogens with two attached hydrogens (primary N) is 2. The van der Waals surface area contributed by atoms with Crippen LogP contribution in [-0.4, -0.2) is 94.1 Å². The second kappa shape index (κ2) is 21.0. The zero-order valence-electron chi connectivity index (χ0n) is 30.3. The second-order valence-corrected chi connectivity index (χ2v) is 15.0. The lowest BCUT2D eigenvalue weighted by atomic mass is 9.83. The van der Waals surface area contributed by atoms with Gasteiger partial charge in [-0.2, -0.15) is 0 Å². The topological polar surface area (TPSA) is 260 Å². The zero-order chi connectivity index (χ0) is 39.1. The van der Waals surface area contributed by atoms with E-state index in [4.69, 9.17) is 16.6 Å². The van der Waals surface area contributed by atoms with E-state index < -0.39 is 77.5 Å². The lowest BCUT2D eigenvalue weighted by molar-refractivity contribution is -0.142. The molecule has 1 aromatic rings. The summed E-state index contributed by atoms with van der Waals surface area (Å²) in [6, 6.07) is -2.14. The summed E-state index contributed by atoms with van der Waals surface area (Å²) in [5, 5.41) is 21.5. The van der Waals surface area contributed by atoms with Crippen molar-refractivity contribution in [1.82, 2.24) is 26.2 Å². The van der Waals surface area contributed by atoms with E-state index in [1.165, 1.54) is 11.0 Å². The van der Waals surface area contributed by atoms with Crippen molar-refractivity contribution in [3.05, 3.63) is 34.5 Å². The lowest BCUT2D eigenvalue weighted by Crippen LogP contribution is -2.59. The van der Waals surface area contributed by atoms with Gasteiger partial charge in [-0.1, -0.05) is 45.3 Å². The van der Waals surface area contributed by atoms with Crippen molar-refractivity contribution in [1.29, 1.82) is 0 Å². The van der Waals surface area contributed by atoms with E-state index in [2.05, 4.69) is 21.3 Å². The fourth-order valence-corrected chi connectivity index (χ4v) is 7.41. The third-order valence-corrected chi connectivity index (χ3v) is 10.3. The minimum atomic E-state index is -1.30. The third-order valence-electron chi connectivity index (χ3n) is 9.45. The number of rotatable bonds is 20. The molecule has 0 spiro atoms. The maximum atomic E-state index is 14.1. The molecule has 5 atom stereocenters. The van der Waals surface area contributed by atoms with Gasteiger partial charge >= 0.3 is 5.97 Å². The molecular formula is C36H53N7O9S. The normalized spacial score (nSPS) is 18.5. The summed E-state index contributed by atoms with van der Waals surface area (Å²) in [6.45, 7) is 3.93. The van der Waals surface area contributed by atoms with Crippen molar-refractivity contribution in [3.63, 3.8) is 0 Å². The van der Waals surface area contributed by atoms with E-state index in [1.807, 2.05) is 13.8 Å². The Hall–Kier alpha value is -4.80. The molecule has 1 aliphatic heterocycles. The predicted molar refractivity (Wildman–Crippen MR) is 196 cm³/mol. The summed E-state index contributed by atoms with van der Waals surface area (Å²) in [5.74, 6) is -5.73. The minimum absolute atomic E-state index is 0.00509. The van der Waals surface area contributed by atoms with Gasteiger partial charge in [-0.15, -0.1) is 11.3 Å². The van der Waals surface area contributed by atoms with Crippen LogP contribution in [-0.2, 0) is 33.6 Å². The molecule has 1 aliphatic carbocycles. The number of amides is 7. The lowest BCUT2D eigenvalue weighted by Gasteiger charge is -2.32. The molecule has 2 heterocycles. The smallest absolute Gasteiger partial charge is 0.327 e. The molecule has 53 heavy (non-hydrogen) atoms. The number of aliphatic carboxylic acids is 1. The molecule has 2 aliphatic rings. The second-order valence-electron chi connectivity index (χ2n) is 14.1. The van der Waals surface area contributed by atoms with Crippen molar-refractivity contribution in [3.8, 4) is 0 Å². The molecule has 0 radical (unpaired) electrons. The molecule has 2 fully saturated rings. The van der Waals surface area contributed by atoms with E-state index >= 15 is 0 Å². The van der Waals surface area contributed by atoms with Crippen molar-refractivity contribution in [2.24, 2.45) is 23.3 Å². The van der Waals surface area contributed by atoms with E-state index in [-0.39, 0.29) is 56.9 Å². The van der Waals surface area contributed by atoms with Crippen LogP contribution in [0, 0.1) is 11.8 Å². The number of carboxylic acid groups (broad SMARTS) is 1. The highest BCUT2D eigenvalue weighted by Crippen LogP contribution is 2.27. The fraction of sp³-hybridized carbons (Fsp3) is 0.611. The van der Waals surface area contributed by atoms with Gasteiger partial charge in [-0.05, 0) is 74.6 Å². The predicted octanol–water partition coefficient (Wildman–Crippen LogP) is 1.09. The van der Waals surface area contributed by atoms with Crippen molar-refractivity contribution < 1.29 is 43.5 Å². The molecule has 7 amide bonds. The quantitative estimate of drug-likeness (QED) is 0.0938. The van der Waals surface area contributed by atoms with E-state index in [0.717, 1.165) is 49.5 Å². The molecule has 0 aromatic carbocycles. The van der Waals surface area contributed by atoms with E-state index in [9.17, 15) is 38.4 Å². The van der Waals surface area contributed by atoms with Gasteiger partial charge in [-0.25, -0.2) is 4.79 Å². The van der Waals surface area contributed by atoms with E-state index in [1.54, 1.807) is 17.5 Å². The number of carbonyl (C=O) groups is 8. The fourth-order valence-electron chi connectivity index (χ4n) is 6.79. The highest BCUT2D eigenvalue weighted by Gasteiger charge is 2.40. The van der Waals surface area contributed by atoms with Crippen LogP contribution >= 0.6 is 11.3 Å². The number of nitrogens with zero attached hydrogens (tertiary/aromatic N) is 1. The maximum Gasteiger partial charge on any atom is 0.327 e. The molecule has 292 valence electrons. The van der Waals surface area contributed by atoms with Crippen molar-refractivity contribution in [2.45, 2.75) is 121 Å². The number of nitrogens with one attached hydrogen (secondary N) is 4. The maximum absolute atomic E-state index is 14.1. The standard InChI is InChI=1S/C36H53N7O9S/c1-21(2)20-25(33(49)42-30(31(38)47)22-10-4-3-5-11-22)41-34(50)26-13-8-18-43(26)36(52)24(16-17-28(37)44)40-32(48)23(12-6-7-15-29(45)46)39-35(51)27-14-9-19-53-27/h7,9,14-15,19,21-26,30H,3-6,8,10-13,16-18,20H2,1-2H3,(H2,37,44)(H2,38,47)(H,39,51)(H,40,48)(H,41,50)(H,42,49)(H,45,46)/t23?,24?,25?,26-,30?/m0/s1. The molecule has 0 bridgehead atoms. The zero-order valence-corrected chi connectivity index (χ0v) is 31.2. The van der Waals surface area contributed by atoms with Crippen LogP contribution in [0.3, 0.4) is 0 Å². The molecule has 1 saturated heterocycles. The first-order chi connectivity index (χ1) is 25.2. The van der Waals surface area contributed by atoms with Crippen molar-refractivity contribution >= 4 is 58.7 Å². The first kappa shape index (κ1) is 42.6. The molecular weight excluding hydrogens is 707 g/mol. The Labute approximate surface area is 313 Å². The third kappa shape index (κ3) is 13.6. The highest BCUT2D eigenvalue weighted by molar-refractivity contribution is 7.12. The molecule has 4 unspecified atom stereocenters. The summed E-state index contributed by atoms with van der Waals surface area (Å²) in [4.78, 5) is 105. The monoisotopic (exact) mass is 759 g/mol. The molecule has 1 aromatic heterocycles. The molecule has 1 saturated carbocycles. The Morgan fingerprint density at radius 1 is 0.887 bits per heavy atom. The number of carboxylic acids is 1. The number of primary amides is 2. The molecule has 3 rings (SSSR count). The van der Waals surface area contributed by atoms with Crippen molar-refractivity contribution in [2.75, 3.05) is 6.54 Å². The average molecular weight is 760 g/mol. The minimum Gasteiger partial charge on any atom is -0.478 e. The summed E-state index contributed by atoms with van der Waals surface area (Å²) in [7, 11) is 0. The van der Waals surface area contributed by atoms with Crippen LogP contribution in [0.4, 0.5) is 0 Å². The Balaban J connectivity index is 1.78. The van der Waals surface area contributed by atoms with Gasteiger partial charge in [0, 0.05) is 19.0 Å². The van der Waals surface area contributed by atoms with Crippen LogP contribution in [0.25, 0.3) is 0 Å². The number of carbonyl (C=O) groups excluding carboxylic acids is 7. The average Bonchev–Trinajstić information content (AvgIpc) is 3.83. The van der Waals surface area contributed by atoms with Gasteiger partial charge in [0.15, 0.2) is 0 Å². The number of thiophene rings is 1. The number of hydrogen-bond donors (Lipinski definition) is 7. The van der Waals surface area contributed by atoms with Gasteiger partial charge in [0.25, 0.3) is 5.91 Å². The van der Waals surface area contributed by atoms with Crippen LogP contribution in [0.5, 0.6) is 0 Å². The van der Waals surface area contributed by atoms with Crippen LogP contribution in [0.1, 0.15) is 101 Å². The summed E-state index contributed by atoms with van der Waals surface area (Å²) < 4.78 is 0. The molecule has 16 nitrogen and oxygen atoms in total. The Morgan fingerprint density at radius 3 is 2.19 bits per heavy atom. The Kier molecular flexibility index (Phi) is 16.9. The van der Waals surface area contributed by atoms with E-state index in [0.29, 0.717) is 11.3 Å². The highest BCUT2D eigenvalue weighted by atomic mass is 32.1. The summed E-state index contributed by atoms with van der Waals surface area (Å²) in [6.07, 6.45) is 7.27. The first-order valence-corrected chi connectivity index (χ1v) is 19.1. The Morgan fingerprint density at radius 2 is 1.58 bits per heavy atom. The van der Waals surface area contributed by atoms with Gasteiger partial charge < -0.3 is 42.7 Å². The Bertz CT molecular complexity index is 1490. The summed E-state index contributed by atoms with van der Waals surface area (Å²) in [5.41, 5.74) is 11.1. The largest absolute Gasteiger partial charge is 0.478 e. The number of hydrogen-bond acceptors (Lipinski definition) is 9. The van der Waals surface area contributed by atoms with Crippen LogP contribution in [0.15, 0.2) is 29.7 Å². The number of likely N-dealkylation sites (tertiary alicyclic amines) is 1. The van der Waals surface area contributed by atoms with Gasteiger partial charge in [0.1, 0.15) is 30.2 Å².